The van der Waals surface area contributed by atoms with E-state index in [1.807, 2.05) is 6.92 Å². The van der Waals surface area contributed by atoms with Crippen LogP contribution < -0.4 is 0 Å². The fraction of sp³-hybridized carbons (Fsp3) is 1.00. The summed E-state index contributed by atoms with van der Waals surface area (Å²) in [5, 5.41) is 9.52. The van der Waals surface area contributed by atoms with Crippen LogP contribution in [0.3, 0.4) is 0 Å². The molecule has 1 saturated heterocycles. The molecular formula is C13H27NO. The maximum Gasteiger partial charge on any atom is 0.0527 e. The van der Waals surface area contributed by atoms with Gasteiger partial charge in [-0.05, 0) is 38.6 Å². The van der Waals surface area contributed by atoms with Gasteiger partial charge < -0.3 is 10.0 Å². The van der Waals surface area contributed by atoms with Crippen molar-refractivity contribution in [2.45, 2.75) is 65.0 Å². The van der Waals surface area contributed by atoms with Crippen molar-refractivity contribution in [2.75, 3.05) is 13.1 Å². The Morgan fingerprint density at radius 3 is 2.53 bits per heavy atom. The number of hydrogen-bond donors (Lipinski definition) is 1. The highest BCUT2D eigenvalue weighted by Gasteiger charge is 2.22. The molecule has 15 heavy (non-hydrogen) atoms. The van der Waals surface area contributed by atoms with Crippen LogP contribution in [0.5, 0.6) is 0 Å². The number of rotatable bonds is 4. The number of likely N-dealkylation sites (tertiary alicyclic amines) is 1. The van der Waals surface area contributed by atoms with E-state index in [0.717, 1.165) is 12.3 Å². The third-order valence-electron chi connectivity index (χ3n) is 3.21. The van der Waals surface area contributed by atoms with Gasteiger partial charge in [0.15, 0.2) is 0 Å². The number of aliphatic hydroxyl groups is 1. The quantitative estimate of drug-likeness (QED) is 0.776. The standard InChI is InChI=1S/C13H27NO/c1-11(2)10-14-8-6-4-5-7-13(14)9-12(3)15/h11-13,15H,4-10H2,1-3H3. The Morgan fingerprint density at radius 1 is 1.20 bits per heavy atom. The van der Waals surface area contributed by atoms with Crippen molar-refractivity contribution >= 4 is 0 Å². The van der Waals surface area contributed by atoms with Gasteiger partial charge in [-0.25, -0.2) is 0 Å². The first-order valence-corrected chi connectivity index (χ1v) is 6.51. The highest BCUT2D eigenvalue weighted by molar-refractivity contribution is 4.77. The molecule has 2 unspecified atom stereocenters. The van der Waals surface area contributed by atoms with Crippen LogP contribution in [0.2, 0.25) is 0 Å². The molecule has 0 bridgehead atoms. The molecule has 1 aliphatic rings. The summed E-state index contributed by atoms with van der Waals surface area (Å²) in [5.41, 5.74) is 0. The van der Waals surface area contributed by atoms with Crippen molar-refractivity contribution in [3.63, 3.8) is 0 Å². The zero-order valence-electron chi connectivity index (χ0n) is 10.6. The van der Waals surface area contributed by atoms with Gasteiger partial charge in [0.05, 0.1) is 6.10 Å². The largest absolute Gasteiger partial charge is 0.393 e. The van der Waals surface area contributed by atoms with Crippen molar-refractivity contribution in [1.29, 1.82) is 0 Å². The summed E-state index contributed by atoms with van der Waals surface area (Å²) in [4.78, 5) is 2.60. The molecule has 2 heteroatoms. The minimum absolute atomic E-state index is 0.150. The lowest BCUT2D eigenvalue weighted by molar-refractivity contribution is 0.105. The molecule has 0 spiro atoms. The Bertz CT molecular complexity index is 150. The van der Waals surface area contributed by atoms with E-state index in [-0.39, 0.29) is 6.10 Å². The Balaban J connectivity index is 2.50. The van der Waals surface area contributed by atoms with Gasteiger partial charge in [0.25, 0.3) is 0 Å². The second kappa shape index (κ2) is 6.49. The first-order valence-electron chi connectivity index (χ1n) is 6.51. The minimum Gasteiger partial charge on any atom is -0.393 e. The summed E-state index contributed by atoms with van der Waals surface area (Å²) >= 11 is 0. The van der Waals surface area contributed by atoms with Crippen LogP contribution in [0, 0.1) is 5.92 Å². The molecule has 0 radical (unpaired) electrons. The predicted octanol–water partition coefficient (Wildman–Crippen LogP) is 2.66. The molecule has 0 saturated carbocycles. The van der Waals surface area contributed by atoms with E-state index >= 15 is 0 Å². The average molecular weight is 213 g/mol. The summed E-state index contributed by atoms with van der Waals surface area (Å²) in [5.74, 6) is 0.736. The Labute approximate surface area is 94.7 Å². The minimum atomic E-state index is -0.150. The molecule has 0 aromatic heterocycles. The van der Waals surface area contributed by atoms with Crippen molar-refractivity contribution in [3.8, 4) is 0 Å². The van der Waals surface area contributed by atoms with E-state index in [1.165, 1.54) is 38.8 Å². The molecule has 0 aromatic rings. The van der Waals surface area contributed by atoms with Crippen LogP contribution in [0.4, 0.5) is 0 Å². The van der Waals surface area contributed by atoms with Gasteiger partial charge in [-0.15, -0.1) is 0 Å². The Morgan fingerprint density at radius 2 is 1.93 bits per heavy atom. The monoisotopic (exact) mass is 213 g/mol. The van der Waals surface area contributed by atoms with Crippen LogP contribution in [-0.2, 0) is 0 Å². The third kappa shape index (κ3) is 4.98. The first-order chi connectivity index (χ1) is 7.09. The summed E-state index contributed by atoms with van der Waals surface area (Å²) < 4.78 is 0. The average Bonchev–Trinajstić information content (AvgIpc) is 2.30. The number of nitrogens with zero attached hydrogens (tertiary/aromatic N) is 1. The molecule has 1 N–H and O–H groups in total. The smallest absolute Gasteiger partial charge is 0.0527 e. The Kier molecular flexibility index (Phi) is 5.62. The maximum absolute atomic E-state index is 9.52. The maximum atomic E-state index is 9.52. The molecule has 1 heterocycles. The van der Waals surface area contributed by atoms with Crippen LogP contribution in [0.25, 0.3) is 0 Å². The van der Waals surface area contributed by atoms with E-state index in [9.17, 15) is 5.11 Å². The van der Waals surface area contributed by atoms with Crippen molar-refractivity contribution < 1.29 is 5.11 Å². The molecule has 1 rings (SSSR count). The van der Waals surface area contributed by atoms with Gasteiger partial charge in [0.1, 0.15) is 0 Å². The normalized spacial score (nSPS) is 26.6. The van der Waals surface area contributed by atoms with E-state index in [4.69, 9.17) is 0 Å². The predicted molar refractivity (Wildman–Crippen MR) is 65.0 cm³/mol. The SMILES string of the molecule is CC(C)CN1CCCCCC1CC(C)O. The summed E-state index contributed by atoms with van der Waals surface area (Å²) in [6.45, 7) is 8.90. The molecule has 0 amide bonds. The zero-order valence-corrected chi connectivity index (χ0v) is 10.6. The molecular weight excluding hydrogens is 186 g/mol. The van der Waals surface area contributed by atoms with E-state index in [0.29, 0.717) is 6.04 Å². The highest BCUT2D eigenvalue weighted by Crippen LogP contribution is 2.21. The van der Waals surface area contributed by atoms with Gasteiger partial charge in [-0.1, -0.05) is 26.7 Å². The van der Waals surface area contributed by atoms with Gasteiger partial charge in [0, 0.05) is 12.6 Å². The second-order valence-corrected chi connectivity index (χ2v) is 5.48. The fourth-order valence-corrected chi connectivity index (χ4v) is 2.61. The molecule has 2 atom stereocenters. The summed E-state index contributed by atoms with van der Waals surface area (Å²) in [6, 6.07) is 0.620. The fourth-order valence-electron chi connectivity index (χ4n) is 2.61. The molecule has 90 valence electrons. The molecule has 0 aliphatic carbocycles. The summed E-state index contributed by atoms with van der Waals surface area (Å²) in [7, 11) is 0. The molecule has 1 fully saturated rings. The lowest BCUT2D eigenvalue weighted by Crippen LogP contribution is -2.39. The van der Waals surface area contributed by atoms with Gasteiger partial charge in [-0.3, -0.25) is 0 Å². The molecule has 0 aromatic carbocycles. The second-order valence-electron chi connectivity index (χ2n) is 5.48. The zero-order chi connectivity index (χ0) is 11.3. The Hall–Kier alpha value is -0.0800. The van der Waals surface area contributed by atoms with E-state index in [1.54, 1.807) is 0 Å². The topological polar surface area (TPSA) is 23.5 Å². The van der Waals surface area contributed by atoms with Gasteiger partial charge >= 0.3 is 0 Å². The molecule has 2 nitrogen and oxygen atoms in total. The number of aliphatic hydroxyl groups excluding tert-OH is 1. The van der Waals surface area contributed by atoms with E-state index < -0.39 is 0 Å². The lowest BCUT2D eigenvalue weighted by Gasteiger charge is -2.32. The lowest BCUT2D eigenvalue weighted by atomic mass is 10.0. The van der Waals surface area contributed by atoms with Crippen LogP contribution in [0.1, 0.15) is 52.9 Å². The van der Waals surface area contributed by atoms with Crippen LogP contribution >= 0.6 is 0 Å². The van der Waals surface area contributed by atoms with Crippen LogP contribution in [0.15, 0.2) is 0 Å². The van der Waals surface area contributed by atoms with Crippen LogP contribution in [-0.4, -0.2) is 35.2 Å². The first kappa shape index (κ1) is 13.0. The van der Waals surface area contributed by atoms with Gasteiger partial charge in [0.2, 0.25) is 0 Å². The molecule has 1 aliphatic heterocycles. The van der Waals surface area contributed by atoms with Crippen molar-refractivity contribution in [2.24, 2.45) is 5.92 Å². The summed E-state index contributed by atoms with van der Waals surface area (Å²) in [6.07, 6.45) is 6.12. The van der Waals surface area contributed by atoms with Gasteiger partial charge in [-0.2, -0.15) is 0 Å². The number of hydrogen-bond acceptors (Lipinski definition) is 2. The van der Waals surface area contributed by atoms with E-state index in [2.05, 4.69) is 18.7 Å². The van der Waals surface area contributed by atoms with Crippen molar-refractivity contribution in [1.82, 2.24) is 4.90 Å². The highest BCUT2D eigenvalue weighted by atomic mass is 16.3. The van der Waals surface area contributed by atoms with Crippen molar-refractivity contribution in [3.05, 3.63) is 0 Å². The third-order valence-corrected chi connectivity index (χ3v) is 3.21.